The molecule has 118 valence electrons. The molecule has 0 rings (SSSR count). The summed E-state index contributed by atoms with van der Waals surface area (Å²) in [5, 5.41) is 8.95. The molecular weight excluding hydrogens is 264 g/mol. The van der Waals surface area contributed by atoms with Gasteiger partial charge in [-0.3, -0.25) is 0 Å². The summed E-state index contributed by atoms with van der Waals surface area (Å²) < 4.78 is 10.5. The highest BCUT2D eigenvalue weighted by atomic mass is 16.5. The summed E-state index contributed by atoms with van der Waals surface area (Å²) in [6.45, 7) is 8.06. The fraction of sp³-hybridized carbons (Fsp3) is 0.846. The van der Waals surface area contributed by atoms with Crippen molar-refractivity contribution in [1.29, 1.82) is 0 Å². The van der Waals surface area contributed by atoms with E-state index >= 15 is 0 Å². The summed E-state index contributed by atoms with van der Waals surface area (Å²) in [6.07, 6.45) is 0. The van der Waals surface area contributed by atoms with Gasteiger partial charge < -0.3 is 24.4 Å². The average Bonchev–Trinajstić information content (AvgIpc) is 2.43. The van der Waals surface area contributed by atoms with Gasteiger partial charge >= 0.3 is 12.0 Å². The van der Waals surface area contributed by atoms with Gasteiger partial charge in [-0.1, -0.05) is 0 Å². The number of carboxylic acids is 1. The van der Waals surface area contributed by atoms with Crippen molar-refractivity contribution in [2.45, 2.75) is 26.8 Å². The standard InChI is InChI=1S/C13H26N2O5/c1-5-19-9-7-15(8-10-20-6-2)13(18)14(4)11(3)12(16)17/h11H,5-10H2,1-4H3,(H,16,17). The predicted molar refractivity (Wildman–Crippen MR) is 74.8 cm³/mol. The Balaban J connectivity index is 4.54. The van der Waals surface area contributed by atoms with Crippen LogP contribution in [0.4, 0.5) is 4.79 Å². The molecular formula is C13H26N2O5. The Bertz CT molecular complexity index is 288. The number of hydrogen-bond donors (Lipinski definition) is 1. The topological polar surface area (TPSA) is 79.3 Å². The first-order chi connectivity index (χ1) is 9.45. The van der Waals surface area contributed by atoms with Gasteiger partial charge in [-0.2, -0.15) is 0 Å². The Hall–Kier alpha value is -1.34. The Morgan fingerprint density at radius 2 is 1.55 bits per heavy atom. The lowest BCUT2D eigenvalue weighted by Crippen LogP contribution is -2.49. The summed E-state index contributed by atoms with van der Waals surface area (Å²) in [4.78, 5) is 25.9. The highest BCUT2D eigenvalue weighted by molar-refractivity contribution is 5.82. The molecule has 0 saturated heterocycles. The van der Waals surface area contributed by atoms with E-state index in [1.54, 1.807) is 4.90 Å². The van der Waals surface area contributed by atoms with Gasteiger partial charge in [0.15, 0.2) is 0 Å². The molecule has 7 nitrogen and oxygen atoms in total. The van der Waals surface area contributed by atoms with Gasteiger partial charge in [-0.05, 0) is 20.8 Å². The van der Waals surface area contributed by atoms with Crippen LogP contribution in [0.5, 0.6) is 0 Å². The number of likely N-dealkylation sites (N-methyl/N-ethyl adjacent to an activating group) is 1. The van der Waals surface area contributed by atoms with Crippen LogP contribution in [0.3, 0.4) is 0 Å². The number of ether oxygens (including phenoxy) is 2. The zero-order valence-corrected chi connectivity index (χ0v) is 12.8. The lowest BCUT2D eigenvalue weighted by molar-refractivity contribution is -0.141. The van der Waals surface area contributed by atoms with Crippen LogP contribution in [0.2, 0.25) is 0 Å². The molecule has 0 fully saturated rings. The van der Waals surface area contributed by atoms with E-state index in [1.165, 1.54) is 18.9 Å². The average molecular weight is 290 g/mol. The van der Waals surface area contributed by atoms with Gasteiger partial charge in [-0.15, -0.1) is 0 Å². The largest absolute Gasteiger partial charge is 0.480 e. The first-order valence-electron chi connectivity index (χ1n) is 6.85. The molecule has 0 heterocycles. The molecule has 0 aromatic heterocycles. The smallest absolute Gasteiger partial charge is 0.326 e. The minimum Gasteiger partial charge on any atom is -0.480 e. The molecule has 0 aromatic rings. The molecule has 0 aliphatic carbocycles. The summed E-state index contributed by atoms with van der Waals surface area (Å²) >= 11 is 0. The Morgan fingerprint density at radius 3 is 1.90 bits per heavy atom. The number of carbonyl (C=O) groups excluding carboxylic acids is 1. The number of nitrogens with zero attached hydrogens (tertiary/aromatic N) is 2. The van der Waals surface area contributed by atoms with Crippen LogP contribution in [0.1, 0.15) is 20.8 Å². The molecule has 1 N–H and O–H groups in total. The zero-order chi connectivity index (χ0) is 15.5. The number of urea groups is 1. The van der Waals surface area contributed by atoms with Crippen LogP contribution < -0.4 is 0 Å². The second-order valence-corrected chi connectivity index (χ2v) is 4.29. The highest BCUT2D eigenvalue weighted by Gasteiger charge is 2.25. The van der Waals surface area contributed by atoms with E-state index in [1.807, 2.05) is 13.8 Å². The third-order valence-corrected chi connectivity index (χ3v) is 2.93. The Labute approximate surface area is 120 Å². The van der Waals surface area contributed by atoms with Crippen molar-refractivity contribution in [3.63, 3.8) is 0 Å². The van der Waals surface area contributed by atoms with Gasteiger partial charge in [0.05, 0.1) is 13.2 Å². The van der Waals surface area contributed by atoms with Gasteiger partial charge in [0.1, 0.15) is 6.04 Å². The minimum absolute atomic E-state index is 0.334. The Morgan fingerprint density at radius 1 is 1.10 bits per heavy atom. The van der Waals surface area contributed by atoms with Crippen molar-refractivity contribution < 1.29 is 24.2 Å². The first-order valence-corrected chi connectivity index (χ1v) is 6.85. The molecule has 0 radical (unpaired) electrons. The maximum Gasteiger partial charge on any atom is 0.326 e. The van der Waals surface area contributed by atoms with Crippen LogP contribution in [0, 0.1) is 0 Å². The van der Waals surface area contributed by atoms with Crippen LogP contribution in [0.25, 0.3) is 0 Å². The molecule has 0 aromatic carbocycles. The lowest BCUT2D eigenvalue weighted by Gasteiger charge is -2.30. The third kappa shape index (κ3) is 6.72. The second-order valence-electron chi connectivity index (χ2n) is 4.29. The van der Waals surface area contributed by atoms with Crippen molar-refractivity contribution in [3.05, 3.63) is 0 Å². The quantitative estimate of drug-likeness (QED) is 0.604. The van der Waals surface area contributed by atoms with Gasteiger partial charge in [0, 0.05) is 33.4 Å². The molecule has 2 amide bonds. The van der Waals surface area contributed by atoms with E-state index in [2.05, 4.69) is 0 Å². The van der Waals surface area contributed by atoms with Crippen molar-refractivity contribution >= 4 is 12.0 Å². The van der Waals surface area contributed by atoms with Crippen LogP contribution >= 0.6 is 0 Å². The molecule has 1 unspecified atom stereocenters. The van der Waals surface area contributed by atoms with Crippen molar-refractivity contribution in [1.82, 2.24) is 9.80 Å². The van der Waals surface area contributed by atoms with E-state index in [0.29, 0.717) is 39.5 Å². The van der Waals surface area contributed by atoms with Crippen LogP contribution in [0.15, 0.2) is 0 Å². The summed E-state index contributed by atoms with van der Waals surface area (Å²) in [5.74, 6) is -1.03. The molecule has 7 heteroatoms. The van der Waals surface area contributed by atoms with Gasteiger partial charge in [-0.25, -0.2) is 9.59 Å². The van der Waals surface area contributed by atoms with E-state index in [4.69, 9.17) is 14.6 Å². The monoisotopic (exact) mass is 290 g/mol. The summed E-state index contributed by atoms with van der Waals surface area (Å²) in [7, 11) is 1.48. The first kappa shape index (κ1) is 18.7. The van der Waals surface area contributed by atoms with E-state index < -0.39 is 12.0 Å². The zero-order valence-electron chi connectivity index (χ0n) is 12.8. The fourth-order valence-corrected chi connectivity index (χ4v) is 1.50. The second kappa shape index (κ2) is 10.4. The number of hydrogen-bond acceptors (Lipinski definition) is 4. The molecule has 0 aliphatic rings. The molecule has 0 bridgehead atoms. The van der Waals surface area contributed by atoms with Gasteiger partial charge in [0.2, 0.25) is 0 Å². The number of amides is 2. The predicted octanol–water partition coefficient (Wildman–Crippen LogP) is 0.886. The highest BCUT2D eigenvalue weighted by Crippen LogP contribution is 2.03. The van der Waals surface area contributed by atoms with Crippen molar-refractivity contribution in [3.8, 4) is 0 Å². The molecule has 1 atom stereocenters. The molecule has 0 saturated carbocycles. The van der Waals surface area contributed by atoms with Gasteiger partial charge in [0.25, 0.3) is 0 Å². The summed E-state index contributed by atoms with van der Waals surface area (Å²) in [6, 6.07) is -1.21. The SMILES string of the molecule is CCOCCN(CCOCC)C(=O)N(C)C(C)C(=O)O. The fourth-order valence-electron chi connectivity index (χ4n) is 1.50. The number of carbonyl (C=O) groups is 2. The molecule has 0 spiro atoms. The van der Waals surface area contributed by atoms with Crippen molar-refractivity contribution in [2.75, 3.05) is 46.6 Å². The number of carboxylic acid groups (broad SMARTS) is 1. The molecule has 0 aliphatic heterocycles. The maximum absolute atomic E-state index is 12.3. The maximum atomic E-state index is 12.3. The van der Waals surface area contributed by atoms with E-state index in [9.17, 15) is 9.59 Å². The number of rotatable bonds is 10. The van der Waals surface area contributed by atoms with Crippen LogP contribution in [-0.4, -0.2) is 79.5 Å². The third-order valence-electron chi connectivity index (χ3n) is 2.93. The normalized spacial score (nSPS) is 12.0. The van der Waals surface area contributed by atoms with Crippen molar-refractivity contribution in [2.24, 2.45) is 0 Å². The number of aliphatic carboxylic acids is 1. The van der Waals surface area contributed by atoms with E-state index in [-0.39, 0.29) is 6.03 Å². The minimum atomic E-state index is -1.03. The Kier molecular flexibility index (Phi) is 9.75. The lowest BCUT2D eigenvalue weighted by atomic mass is 10.3. The molecule has 20 heavy (non-hydrogen) atoms. The van der Waals surface area contributed by atoms with Crippen LogP contribution in [-0.2, 0) is 14.3 Å². The summed E-state index contributed by atoms with van der Waals surface area (Å²) in [5.41, 5.74) is 0. The van der Waals surface area contributed by atoms with E-state index in [0.717, 1.165) is 0 Å².